The van der Waals surface area contributed by atoms with Gasteiger partial charge in [0.25, 0.3) is 0 Å². The molecule has 0 amide bonds. The highest BCUT2D eigenvalue weighted by atomic mass is 16.5. The molecule has 1 aliphatic rings. The van der Waals surface area contributed by atoms with Crippen LogP contribution in [0.25, 0.3) is 0 Å². The smallest absolute Gasteiger partial charge is 0.122 e. The minimum absolute atomic E-state index is 0.399. The van der Waals surface area contributed by atoms with Gasteiger partial charge >= 0.3 is 0 Å². The van der Waals surface area contributed by atoms with Crippen molar-refractivity contribution in [2.45, 2.75) is 38.9 Å². The Bertz CT molecular complexity index is 327. The number of ether oxygens (including phenoxy) is 1. The quantitative estimate of drug-likeness (QED) is 0.797. The number of rotatable bonds is 3. The first-order chi connectivity index (χ1) is 6.66. The maximum atomic E-state index is 9.39. The first-order valence-corrected chi connectivity index (χ1v) is 5.12. The monoisotopic (exact) mass is 192 g/mol. The van der Waals surface area contributed by atoms with Crippen LogP contribution in [0, 0.1) is 6.92 Å². The molecule has 0 spiro atoms. The van der Waals surface area contributed by atoms with Crippen LogP contribution < -0.4 is 4.74 Å². The fourth-order valence-corrected chi connectivity index (χ4v) is 1.43. The van der Waals surface area contributed by atoms with Gasteiger partial charge in [-0.25, -0.2) is 0 Å². The van der Waals surface area contributed by atoms with Gasteiger partial charge in [0.1, 0.15) is 5.75 Å². The zero-order valence-corrected chi connectivity index (χ0v) is 8.66. The summed E-state index contributed by atoms with van der Waals surface area (Å²) in [5.74, 6) is 0.955. The standard InChI is InChI=1S/C12H16O2/c1-8-7-10(9(2)13)3-6-12(8)14-11-4-5-11/h3,6-7,9,11,13H,4-5H2,1-2H3/t9-/m0/s1. The zero-order valence-electron chi connectivity index (χ0n) is 8.66. The van der Waals surface area contributed by atoms with E-state index in [-0.39, 0.29) is 0 Å². The maximum absolute atomic E-state index is 9.39. The van der Waals surface area contributed by atoms with Crippen LogP contribution in [0.4, 0.5) is 0 Å². The summed E-state index contributed by atoms with van der Waals surface area (Å²) in [7, 11) is 0. The van der Waals surface area contributed by atoms with Gasteiger partial charge in [-0.2, -0.15) is 0 Å². The van der Waals surface area contributed by atoms with E-state index in [0.717, 1.165) is 16.9 Å². The zero-order chi connectivity index (χ0) is 10.1. The van der Waals surface area contributed by atoms with E-state index in [9.17, 15) is 5.11 Å². The van der Waals surface area contributed by atoms with E-state index >= 15 is 0 Å². The first kappa shape index (κ1) is 9.53. The van der Waals surface area contributed by atoms with Crippen molar-refractivity contribution < 1.29 is 9.84 Å². The van der Waals surface area contributed by atoms with Crippen molar-refractivity contribution in [2.75, 3.05) is 0 Å². The molecule has 1 aliphatic carbocycles. The molecule has 1 aromatic rings. The molecule has 14 heavy (non-hydrogen) atoms. The van der Waals surface area contributed by atoms with Crippen molar-refractivity contribution in [2.24, 2.45) is 0 Å². The van der Waals surface area contributed by atoms with Crippen LogP contribution in [0.2, 0.25) is 0 Å². The molecule has 2 heteroatoms. The Kier molecular flexibility index (Phi) is 2.46. The Labute approximate surface area is 84.5 Å². The van der Waals surface area contributed by atoms with Crippen molar-refractivity contribution in [3.63, 3.8) is 0 Å². The van der Waals surface area contributed by atoms with Crippen LogP contribution in [-0.2, 0) is 0 Å². The van der Waals surface area contributed by atoms with Crippen LogP contribution >= 0.6 is 0 Å². The summed E-state index contributed by atoms with van der Waals surface area (Å²) >= 11 is 0. The molecule has 1 N–H and O–H groups in total. The summed E-state index contributed by atoms with van der Waals surface area (Å²) in [5, 5.41) is 9.39. The van der Waals surface area contributed by atoms with E-state index < -0.39 is 6.10 Å². The third-order valence-electron chi connectivity index (χ3n) is 2.50. The molecule has 0 saturated heterocycles. The van der Waals surface area contributed by atoms with E-state index in [4.69, 9.17) is 4.74 Å². The van der Waals surface area contributed by atoms with Gasteiger partial charge in [-0.05, 0) is 49.9 Å². The first-order valence-electron chi connectivity index (χ1n) is 5.12. The fraction of sp³-hybridized carbons (Fsp3) is 0.500. The molecule has 0 aromatic heterocycles. The number of hydrogen-bond donors (Lipinski definition) is 1. The van der Waals surface area contributed by atoms with Crippen LogP contribution in [0.3, 0.4) is 0 Å². The normalized spacial score (nSPS) is 17.9. The summed E-state index contributed by atoms with van der Waals surface area (Å²) in [6, 6.07) is 5.87. The van der Waals surface area contributed by atoms with Crippen molar-refractivity contribution in [3.05, 3.63) is 29.3 Å². The number of benzene rings is 1. The number of hydrogen-bond acceptors (Lipinski definition) is 2. The van der Waals surface area contributed by atoms with Gasteiger partial charge < -0.3 is 9.84 Å². The lowest BCUT2D eigenvalue weighted by Crippen LogP contribution is -1.99. The maximum Gasteiger partial charge on any atom is 0.122 e. The fourth-order valence-electron chi connectivity index (χ4n) is 1.43. The predicted octanol–water partition coefficient (Wildman–Crippen LogP) is 2.59. The number of aliphatic hydroxyl groups excluding tert-OH is 1. The highest BCUT2D eigenvalue weighted by Crippen LogP contribution is 2.30. The molecule has 1 atom stereocenters. The van der Waals surface area contributed by atoms with E-state index in [1.807, 2.05) is 25.1 Å². The second-order valence-electron chi connectivity index (χ2n) is 4.02. The Balaban J connectivity index is 2.17. The molecular formula is C12H16O2. The van der Waals surface area contributed by atoms with Crippen LogP contribution in [-0.4, -0.2) is 11.2 Å². The molecule has 76 valence electrons. The summed E-state index contributed by atoms with van der Waals surface area (Å²) in [6.07, 6.45) is 2.39. The third-order valence-corrected chi connectivity index (χ3v) is 2.50. The molecule has 1 fully saturated rings. The summed E-state index contributed by atoms with van der Waals surface area (Å²) in [6.45, 7) is 3.79. The Morgan fingerprint density at radius 2 is 2.14 bits per heavy atom. The number of aryl methyl sites for hydroxylation is 1. The lowest BCUT2D eigenvalue weighted by Gasteiger charge is -2.11. The molecule has 0 unspecified atom stereocenters. The molecule has 2 nitrogen and oxygen atoms in total. The van der Waals surface area contributed by atoms with Gasteiger partial charge in [-0.15, -0.1) is 0 Å². The minimum atomic E-state index is -0.399. The van der Waals surface area contributed by atoms with Crippen molar-refractivity contribution >= 4 is 0 Å². The van der Waals surface area contributed by atoms with Gasteiger partial charge in [0.2, 0.25) is 0 Å². The second-order valence-corrected chi connectivity index (χ2v) is 4.02. The van der Waals surface area contributed by atoms with E-state index in [2.05, 4.69) is 0 Å². The van der Waals surface area contributed by atoms with Crippen LogP contribution in [0.5, 0.6) is 5.75 Å². The van der Waals surface area contributed by atoms with E-state index in [1.54, 1.807) is 6.92 Å². The molecule has 1 saturated carbocycles. The average molecular weight is 192 g/mol. The molecule has 0 heterocycles. The number of aliphatic hydroxyl groups is 1. The lowest BCUT2D eigenvalue weighted by molar-refractivity contribution is 0.199. The molecule has 2 rings (SSSR count). The third kappa shape index (κ3) is 2.07. The minimum Gasteiger partial charge on any atom is -0.490 e. The van der Waals surface area contributed by atoms with Crippen LogP contribution in [0.1, 0.15) is 37.0 Å². The Morgan fingerprint density at radius 3 is 2.64 bits per heavy atom. The second kappa shape index (κ2) is 3.62. The SMILES string of the molecule is Cc1cc([C@H](C)O)ccc1OC1CC1. The van der Waals surface area contributed by atoms with E-state index in [0.29, 0.717) is 6.10 Å². The van der Waals surface area contributed by atoms with E-state index in [1.165, 1.54) is 12.8 Å². The summed E-state index contributed by atoms with van der Waals surface area (Å²) in [5.41, 5.74) is 2.06. The van der Waals surface area contributed by atoms with Gasteiger partial charge in [-0.3, -0.25) is 0 Å². The molecule has 0 bridgehead atoms. The summed E-state index contributed by atoms with van der Waals surface area (Å²) < 4.78 is 5.71. The molecular weight excluding hydrogens is 176 g/mol. The van der Waals surface area contributed by atoms with Gasteiger partial charge in [-0.1, -0.05) is 6.07 Å². The van der Waals surface area contributed by atoms with Gasteiger partial charge in [0, 0.05) is 0 Å². The molecule has 1 aromatic carbocycles. The van der Waals surface area contributed by atoms with Crippen molar-refractivity contribution in [1.29, 1.82) is 0 Å². The Morgan fingerprint density at radius 1 is 1.43 bits per heavy atom. The van der Waals surface area contributed by atoms with Crippen molar-refractivity contribution in [3.8, 4) is 5.75 Å². The largest absolute Gasteiger partial charge is 0.490 e. The Hall–Kier alpha value is -1.02. The topological polar surface area (TPSA) is 29.5 Å². The molecule has 0 aliphatic heterocycles. The van der Waals surface area contributed by atoms with Gasteiger partial charge in [0.15, 0.2) is 0 Å². The predicted molar refractivity (Wildman–Crippen MR) is 55.5 cm³/mol. The van der Waals surface area contributed by atoms with Crippen molar-refractivity contribution in [1.82, 2.24) is 0 Å². The molecule has 0 radical (unpaired) electrons. The average Bonchev–Trinajstić information content (AvgIpc) is 2.92. The van der Waals surface area contributed by atoms with Crippen LogP contribution in [0.15, 0.2) is 18.2 Å². The lowest BCUT2D eigenvalue weighted by atomic mass is 10.1. The highest BCUT2D eigenvalue weighted by molar-refractivity contribution is 5.37. The highest BCUT2D eigenvalue weighted by Gasteiger charge is 2.24. The van der Waals surface area contributed by atoms with Gasteiger partial charge in [0.05, 0.1) is 12.2 Å². The summed E-state index contributed by atoms with van der Waals surface area (Å²) in [4.78, 5) is 0.